The van der Waals surface area contributed by atoms with E-state index in [0.29, 0.717) is 0 Å². The molecule has 0 spiro atoms. The van der Waals surface area contributed by atoms with Gasteiger partial charge in [0, 0.05) is 0 Å². The van der Waals surface area contributed by atoms with Crippen molar-refractivity contribution in [3.05, 3.63) is 47.5 Å². The molecular formula is C15H22. The zero-order chi connectivity index (χ0) is 10.9. The lowest BCUT2D eigenvalue weighted by Crippen LogP contribution is -1.83. The summed E-state index contributed by atoms with van der Waals surface area (Å²) in [5.41, 5.74) is 2.99. The van der Waals surface area contributed by atoms with Crippen LogP contribution in [0.3, 0.4) is 0 Å². The van der Waals surface area contributed by atoms with Crippen molar-refractivity contribution in [2.45, 2.75) is 46.0 Å². The summed E-state index contributed by atoms with van der Waals surface area (Å²) in [6.07, 6.45) is 8.63. The molecule has 0 amide bonds. The predicted molar refractivity (Wildman–Crippen MR) is 68.0 cm³/mol. The molecule has 0 fully saturated rings. The first-order chi connectivity index (χ1) is 7.33. The Labute approximate surface area is 94.0 Å². The minimum Gasteiger partial charge on any atom is -0.0853 e. The molecular weight excluding hydrogens is 180 g/mol. The van der Waals surface area contributed by atoms with E-state index in [0.717, 1.165) is 0 Å². The Balaban J connectivity index is 2.26. The van der Waals surface area contributed by atoms with Gasteiger partial charge in [-0.15, -0.1) is 0 Å². The van der Waals surface area contributed by atoms with Crippen LogP contribution in [0.5, 0.6) is 0 Å². The van der Waals surface area contributed by atoms with E-state index in [2.05, 4.69) is 50.3 Å². The van der Waals surface area contributed by atoms with Crippen molar-refractivity contribution in [1.29, 1.82) is 0 Å². The van der Waals surface area contributed by atoms with Gasteiger partial charge in [0.2, 0.25) is 0 Å². The summed E-state index contributed by atoms with van der Waals surface area (Å²) < 4.78 is 0. The fourth-order valence-corrected chi connectivity index (χ4v) is 1.69. The van der Waals surface area contributed by atoms with E-state index in [-0.39, 0.29) is 0 Å². The molecule has 0 nitrogen and oxygen atoms in total. The average molecular weight is 202 g/mol. The molecule has 0 saturated carbocycles. The molecule has 0 heterocycles. The van der Waals surface area contributed by atoms with E-state index < -0.39 is 0 Å². The van der Waals surface area contributed by atoms with Crippen molar-refractivity contribution in [3.8, 4) is 0 Å². The molecule has 0 aliphatic carbocycles. The van der Waals surface area contributed by atoms with Crippen molar-refractivity contribution in [1.82, 2.24) is 0 Å². The molecule has 0 N–H and O–H groups in total. The summed E-state index contributed by atoms with van der Waals surface area (Å²) in [6.45, 7) is 4.50. The molecule has 0 atom stereocenters. The predicted octanol–water partition coefficient (Wildman–Crippen LogP) is 4.76. The highest BCUT2D eigenvalue weighted by molar-refractivity contribution is 5.15. The molecule has 0 bridgehead atoms. The van der Waals surface area contributed by atoms with Crippen LogP contribution in [0.25, 0.3) is 0 Å². The fraction of sp³-hybridized carbons (Fsp3) is 0.467. The zero-order valence-electron chi connectivity index (χ0n) is 10.00. The largest absolute Gasteiger partial charge is 0.0853 e. The number of unbranched alkanes of at least 4 members (excludes halogenated alkanes) is 1. The Morgan fingerprint density at radius 1 is 1.20 bits per heavy atom. The van der Waals surface area contributed by atoms with Crippen molar-refractivity contribution in [2.24, 2.45) is 0 Å². The average Bonchev–Trinajstić information content (AvgIpc) is 2.28. The van der Waals surface area contributed by atoms with E-state index >= 15 is 0 Å². The summed E-state index contributed by atoms with van der Waals surface area (Å²) in [5.74, 6) is 0. The van der Waals surface area contributed by atoms with Gasteiger partial charge in [-0.1, -0.05) is 55.3 Å². The maximum Gasteiger partial charge on any atom is -0.0244 e. The molecule has 1 rings (SSSR count). The van der Waals surface area contributed by atoms with Gasteiger partial charge in [-0.2, -0.15) is 0 Å². The first kappa shape index (κ1) is 12.0. The number of aryl methyl sites for hydroxylation is 1. The molecule has 15 heavy (non-hydrogen) atoms. The van der Waals surface area contributed by atoms with E-state index in [1.165, 1.54) is 37.7 Å². The quantitative estimate of drug-likeness (QED) is 0.584. The molecule has 1 aromatic carbocycles. The van der Waals surface area contributed by atoms with Gasteiger partial charge in [0.15, 0.2) is 0 Å². The van der Waals surface area contributed by atoms with Gasteiger partial charge in [-0.05, 0) is 38.2 Å². The van der Waals surface area contributed by atoms with Crippen LogP contribution in [0.2, 0.25) is 0 Å². The molecule has 0 aromatic heterocycles. The summed E-state index contributed by atoms with van der Waals surface area (Å²) in [6, 6.07) is 10.7. The van der Waals surface area contributed by atoms with Crippen molar-refractivity contribution < 1.29 is 0 Å². The normalized spacial score (nSPS) is 11.7. The second-order valence-corrected chi connectivity index (χ2v) is 4.18. The van der Waals surface area contributed by atoms with Gasteiger partial charge in [-0.3, -0.25) is 0 Å². The smallest absolute Gasteiger partial charge is 0.0244 e. The molecule has 0 unspecified atom stereocenters. The zero-order valence-corrected chi connectivity index (χ0v) is 10.00. The molecule has 0 aliphatic rings. The van der Waals surface area contributed by atoms with Crippen LogP contribution in [0.1, 0.15) is 45.1 Å². The van der Waals surface area contributed by atoms with E-state index in [9.17, 15) is 0 Å². The molecule has 0 radical (unpaired) electrons. The Hall–Kier alpha value is -1.04. The van der Waals surface area contributed by atoms with Crippen LogP contribution in [0, 0.1) is 0 Å². The van der Waals surface area contributed by atoms with Crippen LogP contribution in [-0.4, -0.2) is 0 Å². The molecule has 0 heteroatoms. The van der Waals surface area contributed by atoms with Crippen LogP contribution in [-0.2, 0) is 6.42 Å². The maximum atomic E-state index is 2.39. The number of benzene rings is 1. The van der Waals surface area contributed by atoms with Gasteiger partial charge in [0.25, 0.3) is 0 Å². The highest BCUT2D eigenvalue weighted by atomic mass is 14.0. The molecule has 0 saturated heterocycles. The lowest BCUT2D eigenvalue weighted by Gasteiger charge is -2.00. The van der Waals surface area contributed by atoms with Gasteiger partial charge in [0.1, 0.15) is 0 Å². The Kier molecular flexibility index (Phi) is 5.84. The molecule has 0 aliphatic heterocycles. The lowest BCUT2D eigenvalue weighted by atomic mass is 10.1. The fourth-order valence-electron chi connectivity index (χ4n) is 1.69. The summed E-state index contributed by atoms with van der Waals surface area (Å²) in [4.78, 5) is 0. The third kappa shape index (κ3) is 5.41. The highest BCUT2D eigenvalue weighted by Gasteiger charge is 1.91. The molecule has 1 aromatic rings. The first-order valence-corrected chi connectivity index (χ1v) is 6.02. The number of allylic oxidation sites excluding steroid dienone is 2. The topological polar surface area (TPSA) is 0 Å². The third-order valence-corrected chi connectivity index (χ3v) is 2.69. The van der Waals surface area contributed by atoms with E-state index in [1.807, 2.05) is 0 Å². The number of hydrogen-bond donors (Lipinski definition) is 0. The standard InChI is InChI=1S/C15H22/c1-3-4-9-14(2)10-8-13-15-11-6-5-7-12-15/h5-7,10-12H,3-4,8-9,13H2,1-2H3/b14-10+. The van der Waals surface area contributed by atoms with Gasteiger partial charge >= 0.3 is 0 Å². The maximum absolute atomic E-state index is 2.39. The highest BCUT2D eigenvalue weighted by Crippen LogP contribution is 2.09. The van der Waals surface area contributed by atoms with Crippen LogP contribution in [0.4, 0.5) is 0 Å². The summed E-state index contributed by atoms with van der Waals surface area (Å²) in [5, 5.41) is 0. The first-order valence-electron chi connectivity index (χ1n) is 6.02. The molecule has 82 valence electrons. The van der Waals surface area contributed by atoms with Crippen molar-refractivity contribution >= 4 is 0 Å². The second kappa shape index (κ2) is 7.28. The Bertz CT molecular complexity index is 282. The van der Waals surface area contributed by atoms with E-state index in [1.54, 1.807) is 5.57 Å². The van der Waals surface area contributed by atoms with Gasteiger partial charge in [-0.25, -0.2) is 0 Å². The second-order valence-electron chi connectivity index (χ2n) is 4.18. The van der Waals surface area contributed by atoms with Crippen LogP contribution >= 0.6 is 0 Å². The summed E-state index contributed by atoms with van der Waals surface area (Å²) >= 11 is 0. The monoisotopic (exact) mass is 202 g/mol. The Morgan fingerprint density at radius 3 is 2.60 bits per heavy atom. The number of rotatable bonds is 6. The minimum atomic E-state index is 1.17. The van der Waals surface area contributed by atoms with Crippen molar-refractivity contribution in [3.63, 3.8) is 0 Å². The number of hydrogen-bond acceptors (Lipinski definition) is 0. The lowest BCUT2D eigenvalue weighted by molar-refractivity contribution is 0.781. The van der Waals surface area contributed by atoms with Gasteiger partial charge in [0.05, 0.1) is 0 Å². The summed E-state index contributed by atoms with van der Waals surface area (Å²) in [7, 11) is 0. The van der Waals surface area contributed by atoms with Gasteiger partial charge < -0.3 is 0 Å². The van der Waals surface area contributed by atoms with Crippen LogP contribution in [0.15, 0.2) is 42.0 Å². The van der Waals surface area contributed by atoms with Crippen LogP contribution < -0.4 is 0 Å². The SMILES string of the molecule is CCCC/C(C)=C/CCc1ccccc1. The van der Waals surface area contributed by atoms with E-state index in [4.69, 9.17) is 0 Å². The minimum absolute atomic E-state index is 1.17. The third-order valence-electron chi connectivity index (χ3n) is 2.69. The van der Waals surface area contributed by atoms with Crippen molar-refractivity contribution in [2.75, 3.05) is 0 Å². The Morgan fingerprint density at radius 2 is 1.93 bits per heavy atom.